The lowest BCUT2D eigenvalue weighted by Gasteiger charge is -2.06. The van der Waals surface area contributed by atoms with E-state index in [1.165, 1.54) is 5.56 Å². The highest BCUT2D eigenvalue weighted by Crippen LogP contribution is 2.13. The maximum absolute atomic E-state index is 4.46. The molecule has 0 aliphatic rings. The van der Waals surface area contributed by atoms with E-state index in [4.69, 9.17) is 0 Å². The molecule has 2 rings (SSSR count). The third-order valence-electron chi connectivity index (χ3n) is 2.53. The standard InChI is InChI=1S/C14H17N3/c1-3-4-12-9-10-15-14(16-12)17-13-7-5-11(2)6-8-13/h5-10H,3-4H2,1-2H3,(H,15,16,17). The third-order valence-corrected chi connectivity index (χ3v) is 2.53. The molecule has 0 atom stereocenters. The lowest BCUT2D eigenvalue weighted by Crippen LogP contribution is -1.99. The Labute approximate surface area is 102 Å². The summed E-state index contributed by atoms with van der Waals surface area (Å²) in [5.41, 5.74) is 3.34. The molecule has 1 heterocycles. The van der Waals surface area contributed by atoms with Crippen LogP contribution in [-0.2, 0) is 6.42 Å². The molecule has 0 amide bonds. The van der Waals surface area contributed by atoms with Crippen LogP contribution in [0.5, 0.6) is 0 Å². The molecule has 0 spiro atoms. The van der Waals surface area contributed by atoms with Crippen LogP contribution in [0.2, 0.25) is 0 Å². The van der Waals surface area contributed by atoms with Crippen molar-refractivity contribution in [3.8, 4) is 0 Å². The fraction of sp³-hybridized carbons (Fsp3) is 0.286. The van der Waals surface area contributed by atoms with E-state index in [9.17, 15) is 0 Å². The molecule has 0 radical (unpaired) electrons. The zero-order valence-electron chi connectivity index (χ0n) is 10.3. The summed E-state index contributed by atoms with van der Waals surface area (Å²) in [4.78, 5) is 8.68. The Morgan fingerprint density at radius 2 is 1.88 bits per heavy atom. The van der Waals surface area contributed by atoms with Gasteiger partial charge in [0.2, 0.25) is 5.95 Å². The second kappa shape index (κ2) is 5.43. The van der Waals surface area contributed by atoms with Crippen molar-refractivity contribution < 1.29 is 0 Å². The van der Waals surface area contributed by atoms with Gasteiger partial charge in [-0.15, -0.1) is 0 Å². The van der Waals surface area contributed by atoms with Crippen molar-refractivity contribution >= 4 is 11.6 Å². The Hall–Kier alpha value is -1.90. The van der Waals surface area contributed by atoms with Gasteiger partial charge in [-0.1, -0.05) is 31.0 Å². The van der Waals surface area contributed by atoms with Crippen molar-refractivity contribution in [3.63, 3.8) is 0 Å². The van der Waals surface area contributed by atoms with Crippen LogP contribution in [0.15, 0.2) is 36.5 Å². The zero-order chi connectivity index (χ0) is 12.1. The van der Waals surface area contributed by atoms with Gasteiger partial charge in [0.25, 0.3) is 0 Å². The number of benzene rings is 1. The first kappa shape index (κ1) is 11.6. The minimum absolute atomic E-state index is 0.666. The predicted octanol–water partition coefficient (Wildman–Crippen LogP) is 3.48. The molecule has 1 aromatic heterocycles. The van der Waals surface area contributed by atoms with E-state index in [1.807, 2.05) is 18.2 Å². The molecule has 3 heteroatoms. The van der Waals surface area contributed by atoms with E-state index in [1.54, 1.807) is 6.20 Å². The Morgan fingerprint density at radius 1 is 1.12 bits per heavy atom. The first-order valence-electron chi connectivity index (χ1n) is 5.93. The van der Waals surface area contributed by atoms with Gasteiger partial charge >= 0.3 is 0 Å². The van der Waals surface area contributed by atoms with Crippen molar-refractivity contribution in [2.45, 2.75) is 26.7 Å². The van der Waals surface area contributed by atoms with E-state index < -0.39 is 0 Å². The fourth-order valence-corrected chi connectivity index (χ4v) is 1.62. The first-order chi connectivity index (χ1) is 8.28. The van der Waals surface area contributed by atoms with E-state index >= 15 is 0 Å². The summed E-state index contributed by atoms with van der Waals surface area (Å²) in [6, 6.07) is 10.2. The molecular weight excluding hydrogens is 210 g/mol. The minimum atomic E-state index is 0.666. The van der Waals surface area contributed by atoms with Crippen molar-refractivity contribution in [2.75, 3.05) is 5.32 Å². The number of aromatic nitrogens is 2. The van der Waals surface area contributed by atoms with Gasteiger partial charge in [-0.25, -0.2) is 9.97 Å². The van der Waals surface area contributed by atoms with Gasteiger partial charge in [0, 0.05) is 17.6 Å². The Kier molecular flexibility index (Phi) is 3.70. The Bertz CT molecular complexity index is 477. The number of hydrogen-bond acceptors (Lipinski definition) is 3. The summed E-state index contributed by atoms with van der Waals surface area (Å²) in [6.45, 7) is 4.22. The molecular formula is C14H17N3. The Morgan fingerprint density at radius 3 is 2.59 bits per heavy atom. The average molecular weight is 227 g/mol. The topological polar surface area (TPSA) is 37.8 Å². The van der Waals surface area contributed by atoms with Gasteiger partial charge in [-0.3, -0.25) is 0 Å². The molecule has 17 heavy (non-hydrogen) atoms. The zero-order valence-corrected chi connectivity index (χ0v) is 10.3. The number of aryl methyl sites for hydroxylation is 2. The number of nitrogens with zero attached hydrogens (tertiary/aromatic N) is 2. The van der Waals surface area contributed by atoms with Crippen molar-refractivity contribution in [1.29, 1.82) is 0 Å². The SMILES string of the molecule is CCCc1ccnc(Nc2ccc(C)cc2)n1. The molecule has 0 saturated heterocycles. The summed E-state index contributed by atoms with van der Waals surface area (Å²) in [6.07, 6.45) is 3.89. The molecule has 2 aromatic rings. The first-order valence-corrected chi connectivity index (χ1v) is 5.93. The lowest BCUT2D eigenvalue weighted by atomic mass is 10.2. The highest BCUT2D eigenvalue weighted by Gasteiger charge is 1.99. The van der Waals surface area contributed by atoms with Crippen LogP contribution in [0.4, 0.5) is 11.6 Å². The lowest BCUT2D eigenvalue weighted by molar-refractivity contribution is 0.875. The van der Waals surface area contributed by atoms with Gasteiger partial charge in [-0.2, -0.15) is 0 Å². The van der Waals surface area contributed by atoms with E-state index in [2.05, 4.69) is 41.3 Å². The van der Waals surface area contributed by atoms with Crippen LogP contribution in [0, 0.1) is 6.92 Å². The molecule has 88 valence electrons. The molecule has 0 aliphatic carbocycles. The number of rotatable bonds is 4. The van der Waals surface area contributed by atoms with E-state index in [0.717, 1.165) is 24.2 Å². The second-order valence-electron chi connectivity index (χ2n) is 4.11. The van der Waals surface area contributed by atoms with E-state index in [-0.39, 0.29) is 0 Å². The summed E-state index contributed by atoms with van der Waals surface area (Å²) >= 11 is 0. The summed E-state index contributed by atoms with van der Waals surface area (Å²) in [5, 5.41) is 3.21. The fourth-order valence-electron chi connectivity index (χ4n) is 1.62. The van der Waals surface area contributed by atoms with Gasteiger partial charge in [0.1, 0.15) is 0 Å². The van der Waals surface area contributed by atoms with Gasteiger partial charge < -0.3 is 5.32 Å². The maximum Gasteiger partial charge on any atom is 0.227 e. The van der Waals surface area contributed by atoms with Crippen LogP contribution in [0.1, 0.15) is 24.6 Å². The number of hydrogen-bond donors (Lipinski definition) is 1. The third kappa shape index (κ3) is 3.28. The molecule has 1 N–H and O–H groups in total. The van der Waals surface area contributed by atoms with Crippen LogP contribution >= 0.6 is 0 Å². The van der Waals surface area contributed by atoms with Gasteiger partial charge in [0.05, 0.1) is 0 Å². The average Bonchev–Trinajstić information content (AvgIpc) is 2.33. The highest BCUT2D eigenvalue weighted by atomic mass is 15.1. The van der Waals surface area contributed by atoms with Crippen LogP contribution < -0.4 is 5.32 Å². The maximum atomic E-state index is 4.46. The van der Waals surface area contributed by atoms with Gasteiger partial charge in [-0.05, 0) is 31.5 Å². The largest absolute Gasteiger partial charge is 0.324 e. The quantitative estimate of drug-likeness (QED) is 0.869. The minimum Gasteiger partial charge on any atom is -0.324 e. The van der Waals surface area contributed by atoms with Crippen LogP contribution in [0.25, 0.3) is 0 Å². The van der Waals surface area contributed by atoms with Crippen LogP contribution in [0.3, 0.4) is 0 Å². The van der Waals surface area contributed by atoms with Crippen molar-refractivity contribution in [3.05, 3.63) is 47.8 Å². The highest BCUT2D eigenvalue weighted by molar-refractivity contribution is 5.53. The Balaban J connectivity index is 2.12. The van der Waals surface area contributed by atoms with Crippen molar-refractivity contribution in [1.82, 2.24) is 9.97 Å². The summed E-state index contributed by atoms with van der Waals surface area (Å²) in [5.74, 6) is 0.666. The molecule has 0 aliphatic heterocycles. The monoisotopic (exact) mass is 227 g/mol. The number of nitrogens with one attached hydrogen (secondary N) is 1. The summed E-state index contributed by atoms with van der Waals surface area (Å²) in [7, 11) is 0. The molecule has 0 saturated carbocycles. The normalized spacial score (nSPS) is 10.2. The predicted molar refractivity (Wildman–Crippen MR) is 70.5 cm³/mol. The molecule has 0 unspecified atom stereocenters. The van der Waals surface area contributed by atoms with Crippen LogP contribution in [-0.4, -0.2) is 9.97 Å². The molecule has 0 fully saturated rings. The summed E-state index contributed by atoms with van der Waals surface area (Å²) < 4.78 is 0. The second-order valence-corrected chi connectivity index (χ2v) is 4.11. The molecule has 1 aromatic carbocycles. The number of anilines is 2. The van der Waals surface area contributed by atoms with E-state index in [0.29, 0.717) is 5.95 Å². The molecule has 3 nitrogen and oxygen atoms in total. The van der Waals surface area contributed by atoms with Crippen molar-refractivity contribution in [2.24, 2.45) is 0 Å². The smallest absolute Gasteiger partial charge is 0.227 e. The molecule has 0 bridgehead atoms. The van der Waals surface area contributed by atoms with Gasteiger partial charge in [0.15, 0.2) is 0 Å².